The topological polar surface area (TPSA) is 306 Å². The third-order valence-corrected chi connectivity index (χ3v) is 16.4. The van der Waals surface area contributed by atoms with Crippen molar-refractivity contribution < 1.29 is 33.7 Å². The zero-order chi connectivity index (χ0) is 60.4. The van der Waals surface area contributed by atoms with Crippen LogP contribution >= 0.6 is 15.9 Å². The van der Waals surface area contributed by atoms with Gasteiger partial charge in [-0.15, -0.1) is 0 Å². The van der Waals surface area contributed by atoms with Crippen LogP contribution < -0.4 is 37.0 Å². The summed E-state index contributed by atoms with van der Waals surface area (Å²) in [5, 5.41) is 36.3. The molecule has 83 heavy (non-hydrogen) atoms. The lowest BCUT2D eigenvalue weighted by Gasteiger charge is -2.16. The fourth-order valence-corrected chi connectivity index (χ4v) is 9.91. The molecule has 0 aliphatic rings. The zero-order valence-electron chi connectivity index (χ0n) is 49.2. The van der Waals surface area contributed by atoms with E-state index in [-0.39, 0.29) is 18.6 Å². The molecule has 3 aromatic carbocycles. The van der Waals surface area contributed by atoms with Crippen molar-refractivity contribution in [2.24, 2.45) is 0 Å². The quantitative estimate of drug-likeness (QED) is 0.0324. The van der Waals surface area contributed by atoms with Crippen molar-refractivity contribution in [1.82, 2.24) is 59.7 Å². The predicted octanol–water partition coefficient (Wildman–Crippen LogP) is 9.33. The first-order valence-corrected chi connectivity index (χ1v) is 34.7. The number of nitrogens with one attached hydrogen (secondary N) is 1. The molecule has 9 N–H and O–H groups in total. The third-order valence-electron chi connectivity index (χ3n) is 12.6. The number of aryl methyl sites for hydroxylation is 3. The van der Waals surface area contributed by atoms with Crippen molar-refractivity contribution in [2.45, 2.75) is 85.6 Å². The van der Waals surface area contributed by atoms with E-state index in [1.54, 1.807) is 58.5 Å². The number of H-pyrrole nitrogens is 1. The van der Waals surface area contributed by atoms with Gasteiger partial charge < -0.3 is 50.9 Å². The number of anilines is 3. The second-order valence-corrected chi connectivity index (χ2v) is 33.6. The van der Waals surface area contributed by atoms with Crippen molar-refractivity contribution in [1.29, 1.82) is 0 Å². The zero-order valence-corrected chi connectivity index (χ0v) is 52.8. The highest BCUT2D eigenvalue weighted by Gasteiger charge is 2.27. The highest BCUT2D eigenvalue weighted by atomic mass is 79.9. The molecule has 9 aromatic rings. The van der Waals surface area contributed by atoms with Gasteiger partial charge in [0.15, 0.2) is 0 Å². The van der Waals surface area contributed by atoms with Crippen molar-refractivity contribution in [3.63, 3.8) is 0 Å². The monoisotopic (exact) mass is 1230 g/mol. The molecule has 6 aromatic heterocycles. The molecule has 0 spiro atoms. The Morgan fingerprint density at radius 1 is 0.518 bits per heavy atom. The Bertz CT molecular complexity index is 3410. The smallest absolute Gasteiger partial charge is 0.497 e. The number of nitrogen functional groups attached to an aromatic ring is 3. The molecule has 0 unspecified atom stereocenters. The molecule has 9 rings (SSSR count). The summed E-state index contributed by atoms with van der Waals surface area (Å²) in [6.07, 6.45) is 10.00. The molecule has 0 saturated heterocycles. The molecular formula is C57H75BBrN15O7Si2. The summed E-state index contributed by atoms with van der Waals surface area (Å²) in [6, 6.07) is 25.4. The Hall–Kier alpha value is -7.85. The molecule has 26 heteroatoms. The van der Waals surface area contributed by atoms with Gasteiger partial charge in [-0.1, -0.05) is 75.7 Å². The van der Waals surface area contributed by atoms with Crippen LogP contribution in [0.5, 0.6) is 17.2 Å². The van der Waals surface area contributed by atoms with Crippen LogP contribution in [0.4, 0.5) is 17.8 Å². The first-order valence-electron chi connectivity index (χ1n) is 26.5. The van der Waals surface area contributed by atoms with E-state index in [0.29, 0.717) is 30.4 Å². The summed E-state index contributed by atoms with van der Waals surface area (Å²) in [6.45, 7) is 21.7. The summed E-state index contributed by atoms with van der Waals surface area (Å²) in [7, 11) is 0.981. The SMILES string of the molecule is COc1ccc(-c2c(-c3cnc(N)nc3)n[nH]c2C)cc1.COc1ccc(-c2c(C)nn(COCC[Si](C)(C)C)c2-c2cnc(N)nc2)cc1.COc1ccc(-c2c(C)nn(COCC[Si](C)(C)C)c2B(O)O)cc1.Nc1ncc(Br)cn1. The number of methoxy groups -OCH3 is 3. The average molecular weight is 1230 g/mol. The molecule has 22 nitrogen and oxygen atoms in total. The van der Waals surface area contributed by atoms with E-state index in [2.05, 4.69) is 100 Å². The number of rotatable bonds is 19. The van der Waals surface area contributed by atoms with Crippen LogP contribution in [0.2, 0.25) is 51.4 Å². The van der Waals surface area contributed by atoms with Gasteiger partial charge in [-0.3, -0.25) is 5.10 Å². The highest BCUT2D eigenvalue weighted by molar-refractivity contribution is 9.10. The molecular weight excluding hydrogens is 1150 g/mol. The summed E-state index contributed by atoms with van der Waals surface area (Å²) in [5.41, 5.74) is 28.5. The number of nitrogens with two attached hydrogens (primary N) is 3. The van der Waals surface area contributed by atoms with Gasteiger partial charge in [0, 0.05) is 100 Å². The number of hydrogen-bond donors (Lipinski definition) is 6. The van der Waals surface area contributed by atoms with Gasteiger partial charge in [-0.25, -0.2) is 39.3 Å². The van der Waals surface area contributed by atoms with E-state index in [0.717, 1.165) is 108 Å². The van der Waals surface area contributed by atoms with E-state index in [4.69, 9.17) is 46.0 Å². The van der Waals surface area contributed by atoms with Gasteiger partial charge >= 0.3 is 7.12 Å². The van der Waals surface area contributed by atoms with Gasteiger partial charge in [0.05, 0.1) is 48.5 Å². The minimum atomic E-state index is -1.63. The van der Waals surface area contributed by atoms with Gasteiger partial charge in [-0.2, -0.15) is 15.3 Å². The molecule has 0 amide bonds. The number of aromatic amines is 1. The molecule has 0 aliphatic heterocycles. The van der Waals surface area contributed by atoms with Crippen LogP contribution in [0, 0.1) is 20.8 Å². The Labute approximate surface area is 495 Å². The lowest BCUT2D eigenvalue weighted by Crippen LogP contribution is -2.38. The van der Waals surface area contributed by atoms with Crippen LogP contribution in [0.3, 0.4) is 0 Å². The van der Waals surface area contributed by atoms with E-state index >= 15 is 0 Å². The minimum Gasteiger partial charge on any atom is -0.497 e. The Kier molecular flexibility index (Phi) is 23.2. The normalized spacial score (nSPS) is 11.1. The van der Waals surface area contributed by atoms with E-state index in [9.17, 15) is 10.0 Å². The maximum atomic E-state index is 9.87. The van der Waals surface area contributed by atoms with Crippen molar-refractivity contribution in [3.8, 4) is 73.1 Å². The standard InChI is InChI=1S/C21H29N5O2Si.C17H27BN2O4Si.C15H15N5O.C4H4BrN3/c1-15-19(16-6-8-18(27-2)9-7-16)20(17-12-23-21(22)24-13-17)26(25-15)14-28-10-11-29(3,4)5;1-13-16(14-6-8-15(23-2)9-7-14)17(18(21)22)20(19-13)12-24-10-11-25(3,4)5;1-9-13(10-3-5-12(21-2)6-4-10)14(20-19-9)11-7-17-15(16)18-8-11;5-3-1-7-4(6)8-2-3/h6-9,12-13H,10-11,14H2,1-5H3,(H2,22,23,24);6-9,21-22H,10-12H2,1-5H3;3-8H,1-2H3,(H,19,20)(H2,16,17,18);1-2H,(H2,6,7,8). The summed E-state index contributed by atoms with van der Waals surface area (Å²) < 4.78 is 31.6. The largest absolute Gasteiger partial charge is 0.508 e. The highest BCUT2D eigenvalue weighted by Crippen LogP contribution is 2.36. The van der Waals surface area contributed by atoms with E-state index < -0.39 is 23.3 Å². The van der Waals surface area contributed by atoms with Gasteiger partial charge in [-0.05, 0) is 102 Å². The molecule has 0 bridgehead atoms. The second-order valence-electron chi connectivity index (χ2n) is 21.4. The minimum absolute atomic E-state index is 0.203. The first kappa shape index (κ1) is 64.3. The maximum Gasteiger partial charge on any atom is 0.508 e. The summed E-state index contributed by atoms with van der Waals surface area (Å²) in [4.78, 5) is 23.8. The van der Waals surface area contributed by atoms with Gasteiger partial charge in [0.1, 0.15) is 36.4 Å². The number of ether oxygens (including phenoxy) is 5. The van der Waals surface area contributed by atoms with Crippen LogP contribution in [0.1, 0.15) is 17.1 Å². The second kappa shape index (κ2) is 29.9. The third kappa shape index (κ3) is 18.8. The number of aromatic nitrogens is 12. The van der Waals surface area contributed by atoms with Crippen molar-refractivity contribution in [3.05, 3.63) is 132 Å². The van der Waals surface area contributed by atoms with Gasteiger partial charge in [0.25, 0.3) is 0 Å². The summed E-state index contributed by atoms with van der Waals surface area (Å²) in [5.74, 6) is 3.16. The Morgan fingerprint density at radius 2 is 0.892 bits per heavy atom. The van der Waals surface area contributed by atoms with Crippen molar-refractivity contribution >= 4 is 62.6 Å². The Balaban J connectivity index is 0.000000189. The number of benzene rings is 3. The van der Waals surface area contributed by atoms with Crippen molar-refractivity contribution in [2.75, 3.05) is 51.7 Å². The lowest BCUT2D eigenvalue weighted by molar-refractivity contribution is 0.0796. The van der Waals surface area contributed by atoms with E-state index in [1.807, 2.05) is 98.2 Å². The number of halogens is 1. The van der Waals surface area contributed by atoms with E-state index in [1.165, 1.54) is 4.68 Å². The van der Waals surface area contributed by atoms with Crippen LogP contribution in [0.15, 0.2) is 114 Å². The number of nitrogens with zero attached hydrogens (tertiary/aromatic N) is 11. The number of hydrogen-bond acceptors (Lipinski definition) is 19. The molecule has 0 fully saturated rings. The van der Waals surface area contributed by atoms with Crippen LogP contribution in [-0.2, 0) is 22.9 Å². The maximum absolute atomic E-state index is 9.87. The van der Waals surface area contributed by atoms with Gasteiger partial charge in [0.2, 0.25) is 17.8 Å². The molecule has 0 aliphatic carbocycles. The molecule has 0 saturated carbocycles. The lowest BCUT2D eigenvalue weighted by atomic mass is 9.80. The molecule has 6 heterocycles. The van der Waals surface area contributed by atoms with Crippen LogP contribution in [0.25, 0.3) is 55.9 Å². The molecule has 438 valence electrons. The van der Waals surface area contributed by atoms with Crippen LogP contribution in [-0.4, -0.2) is 128 Å². The fourth-order valence-electron chi connectivity index (χ4n) is 8.20. The Morgan fingerprint density at radius 3 is 1.30 bits per heavy atom. The first-order chi connectivity index (χ1) is 39.5. The fraction of sp³-hybridized carbons (Fsp3) is 0.316. The molecule has 0 atom stereocenters. The molecule has 0 radical (unpaired) electrons. The summed E-state index contributed by atoms with van der Waals surface area (Å²) >= 11 is 3.16. The average Bonchev–Trinajstić information content (AvgIpc) is 4.35. The predicted molar refractivity (Wildman–Crippen MR) is 336 cm³/mol.